The summed E-state index contributed by atoms with van der Waals surface area (Å²) in [5.41, 5.74) is 0.269. The van der Waals surface area contributed by atoms with E-state index in [-0.39, 0.29) is 30.4 Å². The third kappa shape index (κ3) is 4.66. The highest BCUT2D eigenvalue weighted by molar-refractivity contribution is 5.85. The lowest BCUT2D eigenvalue weighted by atomic mass is 10.1. The van der Waals surface area contributed by atoms with Gasteiger partial charge in [-0.1, -0.05) is 6.07 Å². The van der Waals surface area contributed by atoms with Crippen LogP contribution in [0.15, 0.2) is 18.2 Å². The first kappa shape index (κ1) is 15.8. The minimum absolute atomic E-state index is 0. The number of carbonyl (C=O) groups is 1. The van der Waals surface area contributed by atoms with E-state index in [0.717, 1.165) is 6.07 Å². The van der Waals surface area contributed by atoms with Crippen LogP contribution in [0, 0.1) is 11.6 Å². The maximum Gasteiger partial charge on any atom is 0.234 e. The van der Waals surface area contributed by atoms with E-state index in [1.165, 1.54) is 12.1 Å². The van der Waals surface area contributed by atoms with E-state index in [9.17, 15) is 13.6 Å². The number of hydrogen-bond donors (Lipinski definition) is 2. The molecule has 0 saturated carbocycles. The summed E-state index contributed by atoms with van der Waals surface area (Å²) >= 11 is 0. The van der Waals surface area contributed by atoms with Gasteiger partial charge in [0.1, 0.15) is 11.6 Å². The van der Waals surface area contributed by atoms with E-state index in [1.54, 1.807) is 14.0 Å². The summed E-state index contributed by atoms with van der Waals surface area (Å²) in [5, 5.41) is 5.28. The summed E-state index contributed by atoms with van der Waals surface area (Å²) < 4.78 is 26.0. The van der Waals surface area contributed by atoms with Gasteiger partial charge in [-0.05, 0) is 20.0 Å². The molecule has 17 heavy (non-hydrogen) atoms. The number of halogens is 3. The van der Waals surface area contributed by atoms with Gasteiger partial charge < -0.3 is 10.6 Å². The molecule has 0 fully saturated rings. The minimum Gasteiger partial charge on any atom is -0.348 e. The lowest BCUT2D eigenvalue weighted by molar-refractivity contribution is -0.120. The van der Waals surface area contributed by atoms with Crippen molar-refractivity contribution in [1.29, 1.82) is 0 Å². The molecule has 96 valence electrons. The molecule has 0 aliphatic carbocycles. The highest BCUT2D eigenvalue weighted by atomic mass is 35.5. The number of benzene rings is 1. The molecule has 2 N–H and O–H groups in total. The molecule has 0 bridgehead atoms. The van der Waals surface area contributed by atoms with Gasteiger partial charge >= 0.3 is 0 Å². The molecule has 1 unspecified atom stereocenters. The Morgan fingerprint density at radius 3 is 2.59 bits per heavy atom. The van der Waals surface area contributed by atoms with Crippen LogP contribution in [0.4, 0.5) is 8.78 Å². The summed E-state index contributed by atoms with van der Waals surface area (Å²) in [5.74, 6) is -1.52. The highest BCUT2D eigenvalue weighted by Crippen LogP contribution is 2.17. The highest BCUT2D eigenvalue weighted by Gasteiger charge is 2.13. The number of amides is 1. The average molecular weight is 265 g/mol. The number of likely N-dealkylation sites (N-methyl/N-ethyl adjacent to an activating group) is 1. The number of nitrogens with one attached hydrogen (secondary N) is 2. The van der Waals surface area contributed by atoms with Crippen LogP contribution in [0.2, 0.25) is 0 Å². The van der Waals surface area contributed by atoms with Crippen LogP contribution in [0.5, 0.6) is 0 Å². The third-order valence-electron chi connectivity index (χ3n) is 2.14. The largest absolute Gasteiger partial charge is 0.348 e. The SMILES string of the molecule is CNCC(=O)NC(C)c1ccc(F)cc1F.Cl. The van der Waals surface area contributed by atoms with Gasteiger partial charge in [0.2, 0.25) is 5.91 Å². The van der Waals surface area contributed by atoms with E-state index in [1.807, 2.05) is 0 Å². The number of hydrogen-bond acceptors (Lipinski definition) is 2. The zero-order chi connectivity index (χ0) is 12.1. The minimum atomic E-state index is -0.655. The second-order valence-electron chi connectivity index (χ2n) is 3.49. The van der Waals surface area contributed by atoms with E-state index >= 15 is 0 Å². The van der Waals surface area contributed by atoms with Crippen molar-refractivity contribution in [3.63, 3.8) is 0 Å². The molecule has 0 saturated heterocycles. The molecular weight excluding hydrogens is 250 g/mol. The van der Waals surface area contributed by atoms with Gasteiger partial charge in [0.05, 0.1) is 12.6 Å². The van der Waals surface area contributed by atoms with E-state index in [2.05, 4.69) is 10.6 Å². The fraction of sp³-hybridized carbons (Fsp3) is 0.364. The van der Waals surface area contributed by atoms with Crippen molar-refractivity contribution in [3.05, 3.63) is 35.4 Å². The first-order valence-electron chi connectivity index (χ1n) is 4.93. The lowest BCUT2D eigenvalue weighted by Crippen LogP contribution is -2.34. The van der Waals surface area contributed by atoms with Crippen LogP contribution in [-0.4, -0.2) is 19.5 Å². The van der Waals surface area contributed by atoms with Crippen LogP contribution < -0.4 is 10.6 Å². The lowest BCUT2D eigenvalue weighted by Gasteiger charge is -2.14. The standard InChI is InChI=1S/C11H14F2N2O.ClH/c1-7(15-11(16)6-14-2)9-4-3-8(12)5-10(9)13;/h3-5,7,14H,6H2,1-2H3,(H,15,16);1H. The third-order valence-corrected chi connectivity index (χ3v) is 2.14. The number of rotatable bonds is 4. The van der Waals surface area contributed by atoms with Crippen molar-refractivity contribution in [2.24, 2.45) is 0 Å². The van der Waals surface area contributed by atoms with Crippen molar-refractivity contribution in [1.82, 2.24) is 10.6 Å². The topological polar surface area (TPSA) is 41.1 Å². The number of carbonyl (C=O) groups excluding carboxylic acids is 1. The van der Waals surface area contributed by atoms with Gasteiger partial charge in [-0.2, -0.15) is 0 Å². The van der Waals surface area contributed by atoms with Gasteiger partial charge in [0.25, 0.3) is 0 Å². The Labute approximate surface area is 105 Å². The smallest absolute Gasteiger partial charge is 0.234 e. The second kappa shape index (κ2) is 7.19. The van der Waals surface area contributed by atoms with Gasteiger partial charge in [0.15, 0.2) is 0 Å². The predicted octanol–water partition coefficient (Wildman–Crippen LogP) is 1.78. The molecule has 0 aliphatic rings. The first-order valence-corrected chi connectivity index (χ1v) is 4.93. The summed E-state index contributed by atoms with van der Waals surface area (Å²) in [7, 11) is 1.64. The molecule has 1 aromatic rings. The van der Waals surface area contributed by atoms with Crippen molar-refractivity contribution in [3.8, 4) is 0 Å². The Morgan fingerprint density at radius 1 is 1.41 bits per heavy atom. The fourth-order valence-corrected chi connectivity index (χ4v) is 1.38. The van der Waals surface area contributed by atoms with Crippen LogP contribution in [-0.2, 0) is 4.79 Å². The summed E-state index contributed by atoms with van der Waals surface area (Å²) in [6.07, 6.45) is 0. The average Bonchev–Trinajstić information content (AvgIpc) is 2.17. The molecular formula is C11H15ClF2N2O. The van der Waals surface area contributed by atoms with Crippen molar-refractivity contribution in [2.75, 3.05) is 13.6 Å². The Kier molecular flexibility index (Phi) is 6.68. The summed E-state index contributed by atoms with van der Waals surface area (Å²) in [6.45, 7) is 1.80. The molecule has 1 rings (SSSR count). The Balaban J connectivity index is 0.00000256. The maximum absolute atomic E-state index is 13.3. The molecule has 1 atom stereocenters. The Hall–Kier alpha value is -1.20. The molecule has 0 aromatic heterocycles. The maximum atomic E-state index is 13.3. The van der Waals surface area contributed by atoms with Gasteiger partial charge in [-0.15, -0.1) is 12.4 Å². The molecule has 1 amide bonds. The Morgan fingerprint density at radius 2 is 2.06 bits per heavy atom. The van der Waals surface area contributed by atoms with E-state index < -0.39 is 17.7 Å². The normalized spacial score (nSPS) is 11.5. The van der Waals surface area contributed by atoms with Crippen LogP contribution in [0.1, 0.15) is 18.5 Å². The zero-order valence-corrected chi connectivity index (χ0v) is 10.4. The quantitative estimate of drug-likeness (QED) is 0.870. The van der Waals surface area contributed by atoms with E-state index in [0.29, 0.717) is 0 Å². The zero-order valence-electron chi connectivity index (χ0n) is 9.59. The van der Waals surface area contributed by atoms with Crippen molar-refractivity contribution < 1.29 is 13.6 Å². The first-order chi connectivity index (χ1) is 7.54. The van der Waals surface area contributed by atoms with Crippen molar-refractivity contribution >= 4 is 18.3 Å². The Bertz CT molecular complexity index is 388. The van der Waals surface area contributed by atoms with Gasteiger partial charge in [-0.3, -0.25) is 4.79 Å². The van der Waals surface area contributed by atoms with Crippen LogP contribution >= 0.6 is 12.4 Å². The van der Waals surface area contributed by atoms with Crippen LogP contribution in [0.25, 0.3) is 0 Å². The molecule has 1 aromatic carbocycles. The van der Waals surface area contributed by atoms with Gasteiger partial charge in [0, 0.05) is 11.6 Å². The molecule has 0 spiro atoms. The van der Waals surface area contributed by atoms with Gasteiger partial charge in [-0.25, -0.2) is 8.78 Å². The van der Waals surface area contributed by atoms with Crippen LogP contribution in [0.3, 0.4) is 0 Å². The molecule has 0 heterocycles. The second-order valence-corrected chi connectivity index (χ2v) is 3.49. The monoisotopic (exact) mass is 264 g/mol. The molecule has 0 aliphatic heterocycles. The molecule has 3 nitrogen and oxygen atoms in total. The van der Waals surface area contributed by atoms with Crippen molar-refractivity contribution in [2.45, 2.75) is 13.0 Å². The predicted molar refractivity (Wildman–Crippen MR) is 64.1 cm³/mol. The summed E-state index contributed by atoms with van der Waals surface area (Å²) in [4.78, 5) is 11.2. The molecule has 0 radical (unpaired) electrons. The molecule has 6 heteroatoms. The summed E-state index contributed by atoms with van der Waals surface area (Å²) in [6, 6.07) is 2.81. The van der Waals surface area contributed by atoms with E-state index in [4.69, 9.17) is 0 Å². The fourth-order valence-electron chi connectivity index (χ4n) is 1.38.